The second-order valence-corrected chi connectivity index (χ2v) is 4.93. The number of nitrogens with two attached hydrogens (primary N) is 2. The molecule has 5 N–H and O–H groups in total. The molecule has 2 aromatic carbocycles. The van der Waals surface area contributed by atoms with Crippen molar-refractivity contribution in [3.05, 3.63) is 64.6 Å². The number of allylic oxidation sites excluding steroid dienone is 1. The SMILES string of the molecule is N=C/C(=C\N)c1cnc2ccc3ccc(N)cc3c(=O)c2c1. The van der Waals surface area contributed by atoms with E-state index in [4.69, 9.17) is 16.9 Å². The van der Waals surface area contributed by atoms with Crippen molar-refractivity contribution >= 4 is 39.2 Å². The largest absolute Gasteiger partial charge is 0.404 e. The number of hydrogen-bond acceptors (Lipinski definition) is 5. The number of benzene rings is 1. The summed E-state index contributed by atoms with van der Waals surface area (Å²) in [4.78, 5) is 17.1. The Morgan fingerprint density at radius 3 is 2.64 bits per heavy atom. The van der Waals surface area contributed by atoms with Crippen LogP contribution in [-0.2, 0) is 0 Å². The molecule has 1 heterocycles. The predicted octanol–water partition coefficient (Wildman–Crippen LogP) is 2.28. The summed E-state index contributed by atoms with van der Waals surface area (Å²) in [6.07, 6.45) is 4.05. The molecule has 1 aromatic heterocycles. The Hall–Kier alpha value is -3.21. The monoisotopic (exact) mass is 290 g/mol. The van der Waals surface area contributed by atoms with Crippen LogP contribution in [0.3, 0.4) is 0 Å². The lowest BCUT2D eigenvalue weighted by molar-refractivity contribution is 1.39. The standard InChI is InChI=1S/C17H14N4O/c18-7-12(8-19)11-5-15-16(21-9-11)4-2-10-1-3-13(20)6-14(10)17(15)22/h1-9,18H,19-20H2/b12-8+,18-7?. The molecule has 22 heavy (non-hydrogen) atoms. The van der Waals surface area contributed by atoms with E-state index in [2.05, 4.69) is 4.98 Å². The summed E-state index contributed by atoms with van der Waals surface area (Å²) in [5.74, 6) is 0. The summed E-state index contributed by atoms with van der Waals surface area (Å²) in [6.45, 7) is 0. The normalized spacial score (nSPS) is 11.7. The quantitative estimate of drug-likeness (QED) is 0.497. The highest BCUT2D eigenvalue weighted by atomic mass is 16.1. The molecule has 108 valence electrons. The second kappa shape index (κ2) is 5.29. The minimum Gasteiger partial charge on any atom is -0.404 e. The van der Waals surface area contributed by atoms with Crippen molar-refractivity contribution in [3.8, 4) is 0 Å². The van der Waals surface area contributed by atoms with Crippen molar-refractivity contribution in [1.82, 2.24) is 4.98 Å². The second-order valence-electron chi connectivity index (χ2n) is 4.93. The van der Waals surface area contributed by atoms with Gasteiger partial charge in [0, 0.05) is 46.2 Å². The summed E-state index contributed by atoms with van der Waals surface area (Å²) in [5.41, 5.74) is 13.4. The Bertz CT molecular complexity index is 993. The molecule has 3 rings (SSSR count). The number of rotatable bonds is 2. The molecule has 0 aliphatic carbocycles. The molecular weight excluding hydrogens is 276 g/mol. The van der Waals surface area contributed by atoms with E-state index in [1.54, 1.807) is 30.5 Å². The minimum atomic E-state index is -0.141. The third kappa shape index (κ3) is 2.18. The van der Waals surface area contributed by atoms with Gasteiger partial charge in [0.05, 0.1) is 5.52 Å². The van der Waals surface area contributed by atoms with Crippen molar-refractivity contribution in [3.63, 3.8) is 0 Å². The van der Waals surface area contributed by atoms with Crippen molar-refractivity contribution in [2.24, 2.45) is 5.73 Å². The van der Waals surface area contributed by atoms with Gasteiger partial charge in [-0.3, -0.25) is 9.78 Å². The van der Waals surface area contributed by atoms with Crippen LogP contribution in [0.1, 0.15) is 5.56 Å². The van der Waals surface area contributed by atoms with Gasteiger partial charge >= 0.3 is 0 Å². The summed E-state index contributed by atoms with van der Waals surface area (Å²) in [5, 5.41) is 9.18. The first-order valence-corrected chi connectivity index (χ1v) is 6.69. The number of nitrogens with one attached hydrogen (secondary N) is 1. The van der Waals surface area contributed by atoms with E-state index >= 15 is 0 Å². The van der Waals surface area contributed by atoms with Gasteiger partial charge in [-0.1, -0.05) is 12.1 Å². The number of anilines is 1. The van der Waals surface area contributed by atoms with E-state index in [1.165, 1.54) is 6.20 Å². The molecule has 0 unspecified atom stereocenters. The molecule has 0 radical (unpaired) electrons. The number of aromatic nitrogens is 1. The van der Waals surface area contributed by atoms with E-state index in [0.717, 1.165) is 11.6 Å². The van der Waals surface area contributed by atoms with Crippen LogP contribution in [0.15, 0.2) is 53.6 Å². The zero-order valence-electron chi connectivity index (χ0n) is 11.7. The average molecular weight is 290 g/mol. The lowest BCUT2D eigenvalue weighted by Gasteiger charge is -2.00. The van der Waals surface area contributed by atoms with Crippen molar-refractivity contribution < 1.29 is 0 Å². The highest BCUT2D eigenvalue weighted by Crippen LogP contribution is 2.19. The third-order valence-corrected chi connectivity index (χ3v) is 3.57. The van der Waals surface area contributed by atoms with Crippen LogP contribution in [0.4, 0.5) is 5.69 Å². The van der Waals surface area contributed by atoms with Gasteiger partial charge in [-0.25, -0.2) is 0 Å². The van der Waals surface area contributed by atoms with Crippen LogP contribution in [0.25, 0.3) is 27.2 Å². The van der Waals surface area contributed by atoms with Gasteiger partial charge in [-0.15, -0.1) is 0 Å². The van der Waals surface area contributed by atoms with E-state index in [0.29, 0.717) is 33.1 Å². The van der Waals surface area contributed by atoms with Gasteiger partial charge in [0.15, 0.2) is 5.43 Å². The molecule has 0 bridgehead atoms. The van der Waals surface area contributed by atoms with Crippen LogP contribution < -0.4 is 16.9 Å². The number of fused-ring (bicyclic) bond motifs is 2. The zero-order chi connectivity index (χ0) is 15.7. The summed E-state index contributed by atoms with van der Waals surface area (Å²) >= 11 is 0. The predicted molar refractivity (Wildman–Crippen MR) is 90.9 cm³/mol. The fourth-order valence-electron chi connectivity index (χ4n) is 2.41. The lowest BCUT2D eigenvalue weighted by Crippen LogP contribution is -2.01. The molecular formula is C17H14N4O. The number of nitrogen functional groups attached to an aromatic ring is 1. The molecule has 0 saturated carbocycles. The van der Waals surface area contributed by atoms with Crippen LogP contribution >= 0.6 is 0 Å². The Morgan fingerprint density at radius 2 is 1.91 bits per heavy atom. The van der Waals surface area contributed by atoms with Crippen LogP contribution in [0, 0.1) is 5.41 Å². The first-order chi connectivity index (χ1) is 10.6. The molecule has 3 aromatic rings. The number of hydrogen-bond donors (Lipinski definition) is 3. The summed E-state index contributed by atoms with van der Waals surface area (Å²) < 4.78 is 0. The number of nitrogens with zero attached hydrogens (tertiary/aromatic N) is 1. The summed E-state index contributed by atoms with van der Waals surface area (Å²) in [6, 6.07) is 10.6. The van der Waals surface area contributed by atoms with Gasteiger partial charge in [-0.2, -0.15) is 0 Å². The Morgan fingerprint density at radius 1 is 1.14 bits per heavy atom. The smallest absolute Gasteiger partial charge is 0.195 e. The maximum atomic E-state index is 12.8. The molecule has 0 fully saturated rings. The molecule has 0 aliphatic heterocycles. The lowest BCUT2D eigenvalue weighted by atomic mass is 10.1. The fourth-order valence-corrected chi connectivity index (χ4v) is 2.41. The van der Waals surface area contributed by atoms with Gasteiger partial charge in [0.2, 0.25) is 0 Å². The van der Waals surface area contributed by atoms with Crippen LogP contribution in [0.2, 0.25) is 0 Å². The Balaban J connectivity index is 2.46. The Labute approximate surface area is 126 Å². The molecule has 5 heteroatoms. The van der Waals surface area contributed by atoms with E-state index < -0.39 is 0 Å². The van der Waals surface area contributed by atoms with Crippen LogP contribution in [-0.4, -0.2) is 11.2 Å². The Kier molecular flexibility index (Phi) is 3.31. The van der Waals surface area contributed by atoms with E-state index in [1.807, 2.05) is 12.1 Å². The van der Waals surface area contributed by atoms with E-state index in [9.17, 15) is 4.79 Å². The molecule has 0 saturated heterocycles. The van der Waals surface area contributed by atoms with Gasteiger partial charge in [0.25, 0.3) is 0 Å². The zero-order valence-corrected chi connectivity index (χ0v) is 11.7. The molecule has 0 amide bonds. The molecule has 0 aliphatic rings. The highest BCUT2D eigenvalue weighted by Gasteiger charge is 2.06. The molecule has 0 atom stereocenters. The topological polar surface area (TPSA) is 106 Å². The van der Waals surface area contributed by atoms with Gasteiger partial charge in [0.1, 0.15) is 0 Å². The van der Waals surface area contributed by atoms with Crippen molar-refractivity contribution in [2.45, 2.75) is 0 Å². The van der Waals surface area contributed by atoms with Crippen LogP contribution in [0.5, 0.6) is 0 Å². The minimum absolute atomic E-state index is 0.141. The van der Waals surface area contributed by atoms with Crippen molar-refractivity contribution in [2.75, 3.05) is 5.73 Å². The summed E-state index contributed by atoms with van der Waals surface area (Å²) in [7, 11) is 0. The number of pyridine rings is 1. The van der Waals surface area contributed by atoms with Gasteiger partial charge in [-0.05, 0) is 29.7 Å². The first-order valence-electron chi connectivity index (χ1n) is 6.69. The average Bonchev–Trinajstić information content (AvgIpc) is 2.67. The van der Waals surface area contributed by atoms with Crippen molar-refractivity contribution in [1.29, 1.82) is 5.41 Å². The molecule has 5 nitrogen and oxygen atoms in total. The third-order valence-electron chi connectivity index (χ3n) is 3.57. The van der Waals surface area contributed by atoms with Gasteiger partial charge < -0.3 is 16.9 Å². The maximum absolute atomic E-state index is 12.8. The molecule has 0 spiro atoms. The van der Waals surface area contributed by atoms with E-state index in [-0.39, 0.29) is 5.43 Å². The highest BCUT2D eigenvalue weighted by molar-refractivity contribution is 6.09. The maximum Gasteiger partial charge on any atom is 0.195 e. The fraction of sp³-hybridized carbons (Fsp3) is 0. The first kappa shape index (κ1) is 13.8.